The predicted molar refractivity (Wildman–Crippen MR) is 43.6 cm³/mol. The first-order valence-electron chi connectivity index (χ1n) is 3.10. The topological polar surface area (TPSA) is 32.3 Å². The van der Waals surface area contributed by atoms with E-state index < -0.39 is 0 Å². The zero-order chi connectivity index (χ0) is 7.68. The maximum atomic E-state index is 10.2. The summed E-state index contributed by atoms with van der Waals surface area (Å²) in [6, 6.07) is 0. The van der Waals surface area contributed by atoms with Crippen LogP contribution in [-0.4, -0.2) is 10.6 Å². The van der Waals surface area contributed by atoms with Gasteiger partial charge in [-0.3, -0.25) is 9.10 Å². The van der Waals surface area contributed by atoms with Gasteiger partial charge in [-0.1, -0.05) is 0 Å². The van der Waals surface area contributed by atoms with Gasteiger partial charge in [0, 0.05) is 18.0 Å². The molecule has 11 heavy (non-hydrogen) atoms. The summed E-state index contributed by atoms with van der Waals surface area (Å²) in [6.07, 6.45) is 9.01. The smallest absolute Gasteiger partial charge is 0.233 e. The van der Waals surface area contributed by atoms with Crippen LogP contribution in [0.5, 0.6) is 0 Å². The van der Waals surface area contributed by atoms with Crippen LogP contribution in [0.3, 0.4) is 0 Å². The molecule has 2 aliphatic heterocycles. The van der Waals surface area contributed by atoms with Gasteiger partial charge in [-0.15, -0.1) is 0 Å². The van der Waals surface area contributed by atoms with Gasteiger partial charge in [0.2, 0.25) is 6.29 Å². The van der Waals surface area contributed by atoms with Crippen molar-refractivity contribution in [2.24, 2.45) is 0 Å². The molecule has 55 valence electrons. The zero-order valence-electron chi connectivity index (χ0n) is 5.57. The molecule has 0 aliphatic carbocycles. The number of nitrogens with zero attached hydrogens (tertiary/aromatic N) is 1. The van der Waals surface area contributed by atoms with E-state index in [9.17, 15) is 4.79 Å². The lowest BCUT2D eigenvalue weighted by Crippen LogP contribution is -2.06. The Kier molecular flexibility index (Phi) is 1.47. The molecule has 0 atom stereocenters. The van der Waals surface area contributed by atoms with Crippen molar-refractivity contribution in [2.75, 3.05) is 0 Å². The molecule has 2 rings (SSSR count). The molecule has 3 nitrogen and oxygen atoms in total. The molecular weight excluding hydrogens is 160 g/mol. The predicted octanol–water partition coefficient (Wildman–Crippen LogP) is 0.860. The first kappa shape index (κ1) is 6.54. The number of carbonyl (C=O) groups excluding carboxylic acids is 1. The third kappa shape index (κ3) is 1.05. The second-order valence-corrected chi connectivity index (χ2v) is 2.93. The van der Waals surface area contributed by atoms with Gasteiger partial charge < -0.3 is 4.72 Å². The van der Waals surface area contributed by atoms with Crippen LogP contribution < -0.4 is 4.72 Å². The maximum Gasteiger partial charge on any atom is 0.233 e. The summed E-state index contributed by atoms with van der Waals surface area (Å²) >= 11 is 1.47. The van der Waals surface area contributed by atoms with E-state index in [2.05, 4.69) is 4.72 Å². The van der Waals surface area contributed by atoms with E-state index in [0.717, 1.165) is 5.70 Å². The molecule has 0 aromatic heterocycles. The van der Waals surface area contributed by atoms with Gasteiger partial charge in [-0.25, -0.2) is 0 Å². The van der Waals surface area contributed by atoms with Crippen LogP contribution in [0.15, 0.2) is 35.8 Å². The van der Waals surface area contributed by atoms with E-state index >= 15 is 0 Å². The Morgan fingerprint density at radius 2 is 2.55 bits per heavy atom. The van der Waals surface area contributed by atoms with Gasteiger partial charge in [0.1, 0.15) is 0 Å². The van der Waals surface area contributed by atoms with Crippen molar-refractivity contribution in [2.45, 2.75) is 0 Å². The largest absolute Gasteiger partial charge is 0.316 e. The second kappa shape index (κ2) is 2.47. The van der Waals surface area contributed by atoms with Crippen LogP contribution in [0.2, 0.25) is 0 Å². The molecule has 1 radical (unpaired) electrons. The molecule has 0 aromatic carbocycles. The van der Waals surface area contributed by atoms with Crippen molar-refractivity contribution in [3.63, 3.8) is 0 Å². The summed E-state index contributed by atoms with van der Waals surface area (Å²) in [5, 5.41) is 0. The number of hydrogen-bond acceptors (Lipinski definition) is 4. The minimum Gasteiger partial charge on any atom is -0.316 e. The zero-order valence-corrected chi connectivity index (χ0v) is 6.39. The summed E-state index contributed by atoms with van der Waals surface area (Å²) in [6.45, 7) is 0. The van der Waals surface area contributed by atoms with Crippen molar-refractivity contribution in [3.8, 4) is 0 Å². The summed E-state index contributed by atoms with van der Waals surface area (Å²) in [4.78, 5) is 10.2. The number of hydrogen-bond donors (Lipinski definition) is 1. The molecule has 0 unspecified atom stereocenters. The highest BCUT2D eigenvalue weighted by Gasteiger charge is 2.15. The molecule has 0 fully saturated rings. The summed E-state index contributed by atoms with van der Waals surface area (Å²) in [5.41, 5.74) is 1.56. The number of nitrogens with one attached hydrogen (secondary N) is 1. The fourth-order valence-corrected chi connectivity index (χ4v) is 1.52. The van der Waals surface area contributed by atoms with Crippen molar-refractivity contribution in [1.82, 2.24) is 9.03 Å². The average molecular weight is 165 g/mol. The van der Waals surface area contributed by atoms with Gasteiger partial charge in [0.05, 0.1) is 17.8 Å². The monoisotopic (exact) mass is 165 g/mol. The quantitative estimate of drug-likeness (QED) is 0.584. The summed E-state index contributed by atoms with van der Waals surface area (Å²) in [5.74, 6) is 0. The minimum atomic E-state index is 0.580. The van der Waals surface area contributed by atoms with E-state index in [1.165, 1.54) is 12.1 Å². The van der Waals surface area contributed by atoms with Crippen molar-refractivity contribution >= 4 is 18.4 Å². The first-order valence-corrected chi connectivity index (χ1v) is 3.87. The Morgan fingerprint density at radius 1 is 1.64 bits per heavy atom. The molecule has 0 bridgehead atoms. The van der Waals surface area contributed by atoms with Crippen LogP contribution in [-0.2, 0) is 4.79 Å². The van der Waals surface area contributed by atoms with Crippen LogP contribution in [0, 0.1) is 0 Å². The van der Waals surface area contributed by atoms with Gasteiger partial charge in [-0.2, -0.15) is 0 Å². The van der Waals surface area contributed by atoms with Crippen LogP contribution in [0.25, 0.3) is 0 Å². The van der Waals surface area contributed by atoms with Gasteiger partial charge in [0.25, 0.3) is 0 Å². The average Bonchev–Trinajstić information content (AvgIpc) is 2.50. The summed E-state index contributed by atoms with van der Waals surface area (Å²) in [7, 11) is 0. The van der Waals surface area contributed by atoms with Gasteiger partial charge in [-0.05, 0) is 12.2 Å². The lowest BCUT2D eigenvalue weighted by Gasteiger charge is -2.14. The SMILES string of the molecule is O=[C]C1=CC2=CNSN2C=C1. The van der Waals surface area contributed by atoms with Crippen molar-refractivity contribution < 1.29 is 4.79 Å². The highest BCUT2D eigenvalue weighted by molar-refractivity contribution is 7.95. The molecule has 1 N–H and O–H groups in total. The molecular formula is C7H5N2OS. The molecule has 0 saturated carbocycles. The first-order chi connectivity index (χ1) is 5.40. The highest BCUT2D eigenvalue weighted by Crippen LogP contribution is 2.26. The van der Waals surface area contributed by atoms with Gasteiger partial charge in [0.15, 0.2) is 0 Å². The Labute approximate surface area is 68.7 Å². The fraction of sp³-hybridized carbons (Fsp3) is 0. The van der Waals surface area contributed by atoms with Gasteiger partial charge >= 0.3 is 0 Å². The van der Waals surface area contributed by atoms with E-state index in [-0.39, 0.29) is 0 Å². The number of allylic oxidation sites excluding steroid dienone is 3. The molecule has 4 heteroatoms. The third-order valence-electron chi connectivity index (χ3n) is 1.42. The lowest BCUT2D eigenvalue weighted by atomic mass is 10.2. The van der Waals surface area contributed by atoms with Crippen LogP contribution >= 0.6 is 12.1 Å². The van der Waals surface area contributed by atoms with E-state index in [1.807, 2.05) is 23.0 Å². The molecule has 0 spiro atoms. The Morgan fingerprint density at radius 3 is 3.36 bits per heavy atom. The molecule has 0 aromatic rings. The van der Waals surface area contributed by atoms with E-state index in [4.69, 9.17) is 0 Å². The third-order valence-corrected chi connectivity index (χ3v) is 2.18. The highest BCUT2D eigenvalue weighted by atomic mass is 32.2. The molecule has 0 amide bonds. The minimum absolute atomic E-state index is 0.580. The maximum absolute atomic E-state index is 10.2. The van der Waals surface area contributed by atoms with E-state index in [0.29, 0.717) is 5.57 Å². The number of fused-ring (bicyclic) bond motifs is 1. The number of rotatable bonds is 1. The molecule has 0 saturated heterocycles. The molecule has 2 heterocycles. The normalized spacial score (nSPS) is 20.2. The Bertz CT molecular complexity index is 280. The standard InChI is InChI=1S/C7H5N2OS/c10-5-6-1-2-9-7(3-6)4-8-11-9/h1-4,8H. The Hall–Kier alpha value is -1.16. The van der Waals surface area contributed by atoms with Crippen LogP contribution in [0.1, 0.15) is 0 Å². The molecule has 2 aliphatic rings. The second-order valence-electron chi connectivity index (χ2n) is 2.12. The van der Waals surface area contributed by atoms with Crippen LogP contribution in [0.4, 0.5) is 0 Å². The van der Waals surface area contributed by atoms with E-state index in [1.54, 1.807) is 12.2 Å². The summed E-state index contributed by atoms with van der Waals surface area (Å²) < 4.78 is 4.90. The van der Waals surface area contributed by atoms with Crippen molar-refractivity contribution in [1.29, 1.82) is 0 Å². The van der Waals surface area contributed by atoms with Crippen molar-refractivity contribution in [3.05, 3.63) is 35.8 Å². The lowest BCUT2D eigenvalue weighted by molar-refractivity contribution is 0.562. The fourth-order valence-electron chi connectivity index (χ4n) is 0.901. The Balaban J connectivity index is 2.32.